The van der Waals surface area contributed by atoms with E-state index in [1.165, 1.54) is 12.1 Å². The second-order valence-corrected chi connectivity index (χ2v) is 8.06. The van der Waals surface area contributed by atoms with Gasteiger partial charge in [-0.3, -0.25) is 9.48 Å². The van der Waals surface area contributed by atoms with Crippen molar-refractivity contribution in [3.63, 3.8) is 0 Å². The van der Waals surface area contributed by atoms with Gasteiger partial charge in [0, 0.05) is 49.8 Å². The third kappa shape index (κ3) is 3.39. The number of fused-ring (bicyclic) bond motifs is 2. The Morgan fingerprint density at radius 1 is 1.13 bits per heavy atom. The maximum Gasteiger partial charge on any atom is 0.227 e. The molecule has 160 valence electrons. The normalized spacial score (nSPS) is 14.7. The lowest BCUT2D eigenvalue weighted by atomic mass is 10.1. The van der Waals surface area contributed by atoms with E-state index in [9.17, 15) is 9.18 Å². The second-order valence-electron chi connectivity index (χ2n) is 8.06. The van der Waals surface area contributed by atoms with E-state index in [1.807, 2.05) is 25.8 Å². The molecule has 8 nitrogen and oxygen atoms in total. The molecule has 1 aliphatic rings. The quantitative estimate of drug-likeness (QED) is 0.550. The molecule has 3 aromatic heterocycles. The fraction of sp³-hybridized carbons (Fsp3) is 0.364. The number of aromatic nitrogens is 5. The van der Waals surface area contributed by atoms with Gasteiger partial charge in [-0.15, -0.1) is 0 Å². The largest absolute Gasteiger partial charge is 0.358 e. The van der Waals surface area contributed by atoms with Crippen LogP contribution >= 0.6 is 0 Å². The minimum absolute atomic E-state index is 0.0540. The van der Waals surface area contributed by atoms with Crippen molar-refractivity contribution in [2.75, 3.05) is 31.1 Å². The van der Waals surface area contributed by atoms with Crippen LogP contribution < -0.4 is 4.90 Å². The number of hydrogen-bond acceptors (Lipinski definition) is 5. The smallest absolute Gasteiger partial charge is 0.227 e. The molecule has 1 amide bonds. The summed E-state index contributed by atoms with van der Waals surface area (Å²) in [7, 11) is 1.87. The average molecular weight is 421 g/mol. The minimum Gasteiger partial charge on any atom is -0.358 e. The number of halogens is 1. The Kier molecular flexibility index (Phi) is 4.60. The first-order valence-corrected chi connectivity index (χ1v) is 10.4. The number of nitrogens with one attached hydrogen (secondary N) is 1. The molecule has 31 heavy (non-hydrogen) atoms. The highest BCUT2D eigenvalue weighted by Gasteiger charge is 2.25. The molecule has 0 saturated carbocycles. The number of aryl methyl sites for hydroxylation is 3. The van der Waals surface area contributed by atoms with Gasteiger partial charge in [0.25, 0.3) is 0 Å². The summed E-state index contributed by atoms with van der Waals surface area (Å²) >= 11 is 0. The standard InChI is InChI=1S/C22H24FN7O/c1-13-16(17-10-15(23)4-5-19(17)25-13)11-20(31)29-6-8-30(9-7-29)22-18-12-24-28(3)21(18)26-14(2)27-22/h4-5,10,12,25H,6-9,11H2,1-3H3. The summed E-state index contributed by atoms with van der Waals surface area (Å²) in [6.07, 6.45) is 2.05. The minimum atomic E-state index is -0.296. The van der Waals surface area contributed by atoms with Gasteiger partial charge < -0.3 is 14.8 Å². The Morgan fingerprint density at radius 2 is 1.90 bits per heavy atom. The van der Waals surface area contributed by atoms with Gasteiger partial charge in [0.2, 0.25) is 5.91 Å². The van der Waals surface area contributed by atoms with Gasteiger partial charge in [-0.25, -0.2) is 14.4 Å². The van der Waals surface area contributed by atoms with E-state index >= 15 is 0 Å². The number of H-pyrrole nitrogens is 1. The molecule has 0 aliphatic carbocycles. The number of carbonyl (C=O) groups excluding carboxylic acids is 1. The zero-order valence-corrected chi connectivity index (χ0v) is 17.8. The number of nitrogens with zero attached hydrogens (tertiary/aromatic N) is 6. The number of aromatic amines is 1. The number of hydrogen-bond donors (Lipinski definition) is 1. The van der Waals surface area contributed by atoms with Crippen LogP contribution in [0.1, 0.15) is 17.1 Å². The van der Waals surface area contributed by atoms with E-state index in [0.717, 1.165) is 39.0 Å². The highest BCUT2D eigenvalue weighted by atomic mass is 19.1. The molecule has 4 heterocycles. The number of amides is 1. The van der Waals surface area contributed by atoms with Crippen molar-refractivity contribution in [3.8, 4) is 0 Å². The number of rotatable bonds is 3. The molecule has 1 N–H and O–H groups in total. The number of carbonyl (C=O) groups is 1. The molecular formula is C22H24FN7O. The molecule has 0 unspecified atom stereocenters. The first-order chi connectivity index (χ1) is 14.9. The van der Waals surface area contributed by atoms with Crippen molar-refractivity contribution in [2.45, 2.75) is 20.3 Å². The number of anilines is 1. The van der Waals surface area contributed by atoms with Crippen LogP contribution in [-0.2, 0) is 18.3 Å². The molecule has 9 heteroatoms. The van der Waals surface area contributed by atoms with Crippen molar-refractivity contribution in [2.24, 2.45) is 7.05 Å². The topological polar surface area (TPSA) is 82.9 Å². The van der Waals surface area contributed by atoms with Crippen LogP contribution in [0.25, 0.3) is 21.9 Å². The molecule has 0 radical (unpaired) electrons. The van der Waals surface area contributed by atoms with Gasteiger partial charge >= 0.3 is 0 Å². The Labute approximate surface area is 178 Å². The maximum absolute atomic E-state index is 13.7. The average Bonchev–Trinajstić information content (AvgIpc) is 3.27. The predicted molar refractivity (Wildman–Crippen MR) is 117 cm³/mol. The molecule has 4 aromatic rings. The Morgan fingerprint density at radius 3 is 2.68 bits per heavy atom. The summed E-state index contributed by atoms with van der Waals surface area (Å²) in [6.45, 7) is 6.40. The number of benzene rings is 1. The summed E-state index contributed by atoms with van der Waals surface area (Å²) in [4.78, 5) is 29.5. The van der Waals surface area contributed by atoms with Crippen molar-refractivity contribution < 1.29 is 9.18 Å². The molecule has 1 fully saturated rings. The van der Waals surface area contributed by atoms with Gasteiger partial charge in [-0.2, -0.15) is 5.10 Å². The monoisotopic (exact) mass is 421 g/mol. The molecule has 0 atom stereocenters. The van der Waals surface area contributed by atoms with Crippen molar-refractivity contribution in [1.29, 1.82) is 0 Å². The molecule has 0 spiro atoms. The van der Waals surface area contributed by atoms with Crippen LogP contribution in [0.2, 0.25) is 0 Å². The van der Waals surface area contributed by atoms with E-state index < -0.39 is 0 Å². The number of piperazine rings is 1. The van der Waals surface area contributed by atoms with Crippen molar-refractivity contribution >= 4 is 33.7 Å². The van der Waals surface area contributed by atoms with Crippen LogP contribution in [-0.4, -0.2) is 61.7 Å². The van der Waals surface area contributed by atoms with E-state index in [2.05, 4.69) is 25.0 Å². The van der Waals surface area contributed by atoms with Gasteiger partial charge in [-0.05, 0) is 37.6 Å². The lowest BCUT2D eigenvalue weighted by molar-refractivity contribution is -0.130. The SMILES string of the molecule is Cc1nc(N2CCN(C(=O)Cc3c(C)[nH]c4ccc(F)cc34)CC2)c2cnn(C)c2n1. The first kappa shape index (κ1) is 19.5. The highest BCUT2D eigenvalue weighted by Crippen LogP contribution is 2.26. The Bertz CT molecular complexity index is 1300. The third-order valence-corrected chi connectivity index (χ3v) is 6.03. The summed E-state index contributed by atoms with van der Waals surface area (Å²) in [5, 5.41) is 6.01. The molecule has 1 saturated heterocycles. The molecule has 1 aliphatic heterocycles. The fourth-order valence-electron chi connectivity index (χ4n) is 4.37. The van der Waals surface area contributed by atoms with Gasteiger partial charge in [0.05, 0.1) is 18.0 Å². The molecule has 5 rings (SSSR count). The van der Waals surface area contributed by atoms with Gasteiger partial charge in [0.15, 0.2) is 5.65 Å². The Hall–Kier alpha value is -3.49. The maximum atomic E-state index is 13.7. The third-order valence-electron chi connectivity index (χ3n) is 6.03. The van der Waals surface area contributed by atoms with E-state index in [0.29, 0.717) is 32.0 Å². The van der Waals surface area contributed by atoms with Crippen LogP contribution in [0.3, 0.4) is 0 Å². The zero-order chi connectivity index (χ0) is 21.7. The van der Waals surface area contributed by atoms with Gasteiger partial charge in [-0.1, -0.05) is 0 Å². The van der Waals surface area contributed by atoms with E-state index in [-0.39, 0.29) is 18.1 Å². The lowest BCUT2D eigenvalue weighted by Gasteiger charge is -2.35. The van der Waals surface area contributed by atoms with Crippen molar-refractivity contribution in [1.82, 2.24) is 29.6 Å². The first-order valence-electron chi connectivity index (χ1n) is 10.4. The van der Waals surface area contributed by atoms with E-state index in [1.54, 1.807) is 16.9 Å². The van der Waals surface area contributed by atoms with Crippen LogP contribution in [0.15, 0.2) is 24.4 Å². The molecule has 0 bridgehead atoms. The molecule has 1 aromatic carbocycles. The Balaban J connectivity index is 1.32. The van der Waals surface area contributed by atoms with Gasteiger partial charge in [0.1, 0.15) is 17.5 Å². The summed E-state index contributed by atoms with van der Waals surface area (Å²) in [6, 6.07) is 4.64. The van der Waals surface area contributed by atoms with Crippen molar-refractivity contribution in [3.05, 3.63) is 47.3 Å². The second kappa shape index (κ2) is 7.33. The summed E-state index contributed by atoms with van der Waals surface area (Å²) < 4.78 is 15.5. The zero-order valence-electron chi connectivity index (χ0n) is 17.8. The highest BCUT2D eigenvalue weighted by molar-refractivity contribution is 5.90. The fourth-order valence-corrected chi connectivity index (χ4v) is 4.37. The lowest BCUT2D eigenvalue weighted by Crippen LogP contribution is -2.49. The summed E-state index contributed by atoms with van der Waals surface area (Å²) in [5.41, 5.74) is 3.43. The predicted octanol–water partition coefficient (Wildman–Crippen LogP) is 2.49. The molecular weight excluding hydrogens is 397 g/mol. The summed E-state index contributed by atoms with van der Waals surface area (Å²) in [5.74, 6) is 1.33. The van der Waals surface area contributed by atoms with Crippen LogP contribution in [0, 0.1) is 19.7 Å². The van der Waals surface area contributed by atoms with Crippen LogP contribution in [0.4, 0.5) is 10.2 Å². The van der Waals surface area contributed by atoms with Crippen LogP contribution in [0.5, 0.6) is 0 Å². The van der Waals surface area contributed by atoms with E-state index in [4.69, 9.17) is 0 Å².